The van der Waals surface area contributed by atoms with E-state index in [2.05, 4.69) is 5.32 Å². The minimum atomic E-state index is -0.411. The Balaban J connectivity index is 1.67. The van der Waals surface area contributed by atoms with Crippen LogP contribution in [0.2, 0.25) is 5.02 Å². The molecular weight excluding hydrogens is 352 g/mol. The zero-order chi connectivity index (χ0) is 18.7. The molecule has 2 amide bonds. The van der Waals surface area contributed by atoms with Crippen molar-refractivity contribution in [2.75, 3.05) is 23.4 Å². The van der Waals surface area contributed by atoms with Gasteiger partial charge in [0, 0.05) is 18.7 Å². The number of amides is 2. The van der Waals surface area contributed by atoms with Crippen molar-refractivity contribution in [1.82, 2.24) is 0 Å². The first-order valence-electron chi connectivity index (χ1n) is 8.58. The van der Waals surface area contributed by atoms with Crippen LogP contribution in [0, 0.1) is 12.8 Å². The lowest BCUT2D eigenvalue weighted by molar-refractivity contribution is -0.122. The van der Waals surface area contributed by atoms with Gasteiger partial charge in [-0.3, -0.25) is 9.59 Å². The van der Waals surface area contributed by atoms with Gasteiger partial charge in [0.15, 0.2) is 0 Å². The molecule has 2 aromatic rings. The molecule has 6 heteroatoms. The van der Waals surface area contributed by atoms with Gasteiger partial charge in [0.25, 0.3) is 0 Å². The number of anilines is 2. The van der Waals surface area contributed by atoms with Crippen LogP contribution in [0.15, 0.2) is 42.5 Å². The zero-order valence-corrected chi connectivity index (χ0v) is 15.5. The van der Waals surface area contributed by atoms with Gasteiger partial charge in [-0.1, -0.05) is 17.7 Å². The molecule has 26 heavy (non-hydrogen) atoms. The van der Waals surface area contributed by atoms with Crippen molar-refractivity contribution in [3.63, 3.8) is 0 Å². The number of carbonyl (C=O) groups is 2. The molecule has 3 rings (SSSR count). The smallest absolute Gasteiger partial charge is 0.229 e. The first-order valence-corrected chi connectivity index (χ1v) is 8.96. The molecule has 1 heterocycles. The molecule has 0 aliphatic carbocycles. The van der Waals surface area contributed by atoms with E-state index in [1.165, 1.54) is 0 Å². The van der Waals surface area contributed by atoms with Gasteiger partial charge in [-0.25, -0.2) is 0 Å². The molecule has 1 N–H and O–H groups in total. The maximum absolute atomic E-state index is 12.5. The standard InChI is InChI=1S/C20H21ClN2O3/c1-3-26-16-7-5-15(6-8-16)23-12-14(11-19(23)24)20(25)22-18-9-4-13(2)10-17(18)21/h4-10,14H,3,11-12H2,1-2H3,(H,22,25)/t14-/m0/s1. The number of rotatable bonds is 5. The molecule has 136 valence electrons. The average molecular weight is 373 g/mol. The largest absolute Gasteiger partial charge is 0.494 e. The van der Waals surface area contributed by atoms with Gasteiger partial charge in [0.1, 0.15) is 5.75 Å². The predicted octanol–water partition coefficient (Wildman–Crippen LogP) is 4.04. The van der Waals surface area contributed by atoms with Crippen LogP contribution < -0.4 is 15.0 Å². The summed E-state index contributed by atoms with van der Waals surface area (Å²) in [4.78, 5) is 26.5. The molecule has 0 saturated carbocycles. The number of ether oxygens (including phenoxy) is 1. The van der Waals surface area contributed by atoms with Crippen LogP contribution in [0.25, 0.3) is 0 Å². The van der Waals surface area contributed by atoms with E-state index in [1.807, 2.05) is 44.2 Å². The zero-order valence-electron chi connectivity index (χ0n) is 14.8. The fraction of sp³-hybridized carbons (Fsp3) is 0.300. The summed E-state index contributed by atoms with van der Waals surface area (Å²) in [7, 11) is 0. The van der Waals surface area contributed by atoms with Crippen molar-refractivity contribution in [2.45, 2.75) is 20.3 Å². The molecule has 0 radical (unpaired) electrons. The van der Waals surface area contributed by atoms with Crippen LogP contribution in [0.4, 0.5) is 11.4 Å². The summed E-state index contributed by atoms with van der Waals surface area (Å²) < 4.78 is 5.42. The van der Waals surface area contributed by atoms with E-state index in [0.29, 0.717) is 23.9 Å². The van der Waals surface area contributed by atoms with E-state index in [9.17, 15) is 9.59 Å². The summed E-state index contributed by atoms with van der Waals surface area (Å²) in [5, 5.41) is 3.32. The highest BCUT2D eigenvalue weighted by Gasteiger charge is 2.35. The highest BCUT2D eigenvalue weighted by Crippen LogP contribution is 2.29. The fourth-order valence-electron chi connectivity index (χ4n) is 2.98. The molecule has 1 saturated heterocycles. The van der Waals surface area contributed by atoms with Gasteiger partial charge in [0.05, 0.1) is 23.2 Å². The fourth-order valence-corrected chi connectivity index (χ4v) is 3.26. The van der Waals surface area contributed by atoms with Crippen LogP contribution >= 0.6 is 11.6 Å². The van der Waals surface area contributed by atoms with Gasteiger partial charge in [0.2, 0.25) is 11.8 Å². The third kappa shape index (κ3) is 3.99. The summed E-state index contributed by atoms with van der Waals surface area (Å²) in [5.41, 5.74) is 2.35. The Hall–Kier alpha value is -2.53. The molecule has 1 aliphatic heterocycles. The lowest BCUT2D eigenvalue weighted by atomic mass is 10.1. The van der Waals surface area contributed by atoms with Crippen LogP contribution in [-0.2, 0) is 9.59 Å². The molecule has 0 spiro atoms. The number of hydrogen-bond acceptors (Lipinski definition) is 3. The van der Waals surface area contributed by atoms with Crippen LogP contribution in [0.1, 0.15) is 18.9 Å². The van der Waals surface area contributed by atoms with Gasteiger partial charge < -0.3 is 15.0 Å². The number of carbonyl (C=O) groups excluding carboxylic acids is 2. The summed E-state index contributed by atoms with van der Waals surface area (Å²) >= 11 is 6.17. The predicted molar refractivity (Wildman–Crippen MR) is 103 cm³/mol. The molecule has 0 unspecified atom stereocenters. The average Bonchev–Trinajstić information content (AvgIpc) is 3.00. The number of nitrogens with zero attached hydrogens (tertiary/aromatic N) is 1. The maximum atomic E-state index is 12.5. The molecule has 2 aromatic carbocycles. The van der Waals surface area contributed by atoms with Crippen molar-refractivity contribution in [2.24, 2.45) is 5.92 Å². The topological polar surface area (TPSA) is 58.6 Å². The van der Waals surface area contributed by atoms with Crippen molar-refractivity contribution in [3.05, 3.63) is 53.1 Å². The molecular formula is C20H21ClN2O3. The second-order valence-electron chi connectivity index (χ2n) is 6.30. The third-order valence-corrected chi connectivity index (χ3v) is 4.65. The minimum absolute atomic E-state index is 0.0655. The van der Waals surface area contributed by atoms with E-state index in [0.717, 1.165) is 17.0 Å². The van der Waals surface area contributed by atoms with Crippen LogP contribution in [0.3, 0.4) is 0 Å². The Kier molecular flexibility index (Phi) is 5.47. The molecule has 0 aromatic heterocycles. The van der Waals surface area contributed by atoms with E-state index >= 15 is 0 Å². The quantitative estimate of drug-likeness (QED) is 0.861. The second kappa shape index (κ2) is 7.79. The van der Waals surface area contributed by atoms with E-state index < -0.39 is 5.92 Å². The Labute approximate surface area is 157 Å². The lowest BCUT2D eigenvalue weighted by Crippen LogP contribution is -2.28. The van der Waals surface area contributed by atoms with Crippen molar-refractivity contribution >= 4 is 34.8 Å². The molecule has 1 aliphatic rings. The Morgan fingerprint density at radius 1 is 1.27 bits per heavy atom. The Bertz CT molecular complexity index is 820. The van der Waals surface area contributed by atoms with E-state index in [-0.39, 0.29) is 18.2 Å². The number of hydrogen-bond donors (Lipinski definition) is 1. The van der Waals surface area contributed by atoms with Crippen molar-refractivity contribution in [1.29, 1.82) is 0 Å². The summed E-state index contributed by atoms with van der Waals surface area (Å²) in [6, 6.07) is 12.8. The number of nitrogens with one attached hydrogen (secondary N) is 1. The lowest BCUT2D eigenvalue weighted by Gasteiger charge is -2.17. The van der Waals surface area contributed by atoms with Crippen LogP contribution in [0.5, 0.6) is 5.75 Å². The first-order chi connectivity index (χ1) is 12.5. The summed E-state index contributed by atoms with van der Waals surface area (Å²) in [5.74, 6) is 0.0829. The normalized spacial score (nSPS) is 16.7. The number of halogens is 1. The summed E-state index contributed by atoms with van der Waals surface area (Å²) in [6.45, 7) is 4.79. The molecule has 5 nitrogen and oxygen atoms in total. The number of aryl methyl sites for hydroxylation is 1. The Morgan fingerprint density at radius 2 is 2.00 bits per heavy atom. The minimum Gasteiger partial charge on any atom is -0.494 e. The van der Waals surface area contributed by atoms with Gasteiger partial charge in [-0.05, 0) is 55.8 Å². The van der Waals surface area contributed by atoms with Gasteiger partial charge in [-0.15, -0.1) is 0 Å². The second-order valence-corrected chi connectivity index (χ2v) is 6.71. The van der Waals surface area contributed by atoms with Crippen LogP contribution in [-0.4, -0.2) is 25.0 Å². The maximum Gasteiger partial charge on any atom is 0.229 e. The highest BCUT2D eigenvalue weighted by atomic mass is 35.5. The highest BCUT2D eigenvalue weighted by molar-refractivity contribution is 6.33. The molecule has 0 bridgehead atoms. The van der Waals surface area contributed by atoms with E-state index in [1.54, 1.807) is 17.0 Å². The summed E-state index contributed by atoms with van der Waals surface area (Å²) in [6.07, 6.45) is 0.183. The van der Waals surface area contributed by atoms with Crippen molar-refractivity contribution < 1.29 is 14.3 Å². The molecule has 1 atom stereocenters. The monoisotopic (exact) mass is 372 g/mol. The Morgan fingerprint density at radius 3 is 2.65 bits per heavy atom. The first kappa shape index (κ1) is 18.3. The molecule has 1 fully saturated rings. The SMILES string of the molecule is CCOc1ccc(N2C[C@@H](C(=O)Nc3ccc(C)cc3Cl)CC2=O)cc1. The van der Waals surface area contributed by atoms with E-state index in [4.69, 9.17) is 16.3 Å². The van der Waals surface area contributed by atoms with Gasteiger partial charge >= 0.3 is 0 Å². The third-order valence-electron chi connectivity index (χ3n) is 4.34. The number of benzene rings is 2. The van der Waals surface area contributed by atoms with Crippen molar-refractivity contribution in [3.8, 4) is 5.75 Å². The van der Waals surface area contributed by atoms with Gasteiger partial charge in [-0.2, -0.15) is 0 Å².